The van der Waals surface area contributed by atoms with Gasteiger partial charge in [-0.15, -0.1) is 0 Å². The summed E-state index contributed by atoms with van der Waals surface area (Å²) < 4.78 is 23.8. The van der Waals surface area contributed by atoms with E-state index in [2.05, 4.69) is 10.6 Å². The van der Waals surface area contributed by atoms with Crippen molar-refractivity contribution in [1.82, 2.24) is 20.4 Å². The molecule has 1 aliphatic rings. The van der Waals surface area contributed by atoms with Crippen LogP contribution in [0.2, 0.25) is 0 Å². The van der Waals surface area contributed by atoms with Crippen LogP contribution in [0.25, 0.3) is 0 Å². The summed E-state index contributed by atoms with van der Waals surface area (Å²) in [6, 6.07) is 49.4. The maximum absolute atomic E-state index is 14.5. The average molecular weight is 889 g/mol. The zero-order valence-corrected chi connectivity index (χ0v) is 37.3. The van der Waals surface area contributed by atoms with Crippen molar-refractivity contribution in [2.45, 2.75) is 65.1 Å². The van der Waals surface area contributed by atoms with Crippen LogP contribution in [-0.4, -0.2) is 59.0 Å². The zero-order valence-electron chi connectivity index (χ0n) is 37.3. The summed E-state index contributed by atoms with van der Waals surface area (Å²) in [4.78, 5) is 61.2. The van der Waals surface area contributed by atoms with Gasteiger partial charge in [-0.3, -0.25) is 9.59 Å². The number of nitrogens with zero attached hydrogens (tertiary/aromatic N) is 2. The first-order valence-corrected chi connectivity index (χ1v) is 22.4. The van der Waals surface area contributed by atoms with Crippen LogP contribution < -0.4 is 20.1 Å². The van der Waals surface area contributed by atoms with Crippen LogP contribution in [0.5, 0.6) is 23.0 Å². The van der Waals surface area contributed by atoms with E-state index in [1.807, 2.05) is 184 Å². The van der Waals surface area contributed by atoms with E-state index in [1.165, 1.54) is 0 Å². The van der Waals surface area contributed by atoms with E-state index in [-0.39, 0.29) is 39.4 Å². The fourth-order valence-corrected chi connectivity index (χ4v) is 8.09. The van der Waals surface area contributed by atoms with Crippen LogP contribution in [-0.2, 0) is 45.4 Å². The Balaban J connectivity index is 1.15. The molecule has 0 aliphatic heterocycles. The number of amides is 4. The lowest BCUT2D eigenvalue weighted by Gasteiger charge is -2.56. The number of benzene rings is 6. The van der Waals surface area contributed by atoms with Gasteiger partial charge in [-0.05, 0) is 83.6 Å². The first-order valence-electron chi connectivity index (χ1n) is 22.4. The van der Waals surface area contributed by atoms with Crippen molar-refractivity contribution in [3.63, 3.8) is 0 Å². The first kappa shape index (κ1) is 46.4. The number of esters is 2. The van der Waals surface area contributed by atoms with E-state index < -0.39 is 47.9 Å². The normalized spacial score (nSPS) is 16.2. The minimum absolute atomic E-state index is 0.0440. The molecule has 2 N–H and O–H groups in total. The Morgan fingerprint density at radius 3 is 1.08 bits per heavy atom. The summed E-state index contributed by atoms with van der Waals surface area (Å²) in [5.41, 5.74) is 3.16. The summed E-state index contributed by atoms with van der Waals surface area (Å²) in [5, 5.41) is 6.09. The number of urea groups is 2. The Kier molecular flexibility index (Phi) is 16.4. The maximum Gasteiger partial charge on any atom is 0.318 e. The molecule has 0 bridgehead atoms. The fourth-order valence-electron chi connectivity index (χ4n) is 8.09. The number of carbonyl (C=O) groups excluding carboxylic acids is 4. The highest BCUT2D eigenvalue weighted by atomic mass is 16.5. The molecule has 6 aromatic rings. The Hall–Kier alpha value is -7.60. The van der Waals surface area contributed by atoms with E-state index in [1.54, 1.807) is 9.80 Å². The molecule has 0 aromatic heterocycles. The molecule has 4 amide bonds. The van der Waals surface area contributed by atoms with E-state index in [4.69, 9.17) is 18.9 Å². The van der Waals surface area contributed by atoms with Crippen molar-refractivity contribution in [3.05, 3.63) is 192 Å². The Morgan fingerprint density at radius 1 is 0.424 bits per heavy atom. The molecule has 1 aliphatic carbocycles. The number of nitrogens with one attached hydrogen (secondary N) is 2. The van der Waals surface area contributed by atoms with Crippen molar-refractivity contribution < 1.29 is 38.1 Å². The molecule has 12 heteroatoms. The van der Waals surface area contributed by atoms with Crippen molar-refractivity contribution in [2.75, 3.05) is 13.1 Å². The van der Waals surface area contributed by atoms with Gasteiger partial charge in [-0.2, -0.15) is 0 Å². The van der Waals surface area contributed by atoms with Gasteiger partial charge in [-0.1, -0.05) is 135 Å². The molecule has 0 spiro atoms. The molecule has 0 heterocycles. The molecule has 4 atom stereocenters. The number of ether oxygens (including phenoxy) is 4. The van der Waals surface area contributed by atoms with Gasteiger partial charge >= 0.3 is 24.0 Å². The summed E-state index contributed by atoms with van der Waals surface area (Å²) in [6.07, 6.45) is 1.06. The molecule has 66 heavy (non-hydrogen) atoms. The smallest absolute Gasteiger partial charge is 0.318 e. The van der Waals surface area contributed by atoms with Crippen molar-refractivity contribution in [1.29, 1.82) is 0 Å². The summed E-state index contributed by atoms with van der Waals surface area (Å²) in [6.45, 7) is 4.56. The molecule has 6 aromatic carbocycles. The predicted molar refractivity (Wildman–Crippen MR) is 251 cm³/mol. The van der Waals surface area contributed by atoms with Crippen molar-refractivity contribution in [2.24, 2.45) is 11.8 Å². The minimum Gasteiger partial charge on any atom is -0.461 e. The largest absolute Gasteiger partial charge is 0.461 e. The summed E-state index contributed by atoms with van der Waals surface area (Å²) in [5.74, 6) is -0.943. The third-order valence-electron chi connectivity index (χ3n) is 11.3. The van der Waals surface area contributed by atoms with E-state index in [0.717, 1.165) is 22.3 Å². The average Bonchev–Trinajstić information content (AvgIpc) is 3.35. The molecule has 1 fully saturated rings. The van der Waals surface area contributed by atoms with Crippen LogP contribution in [0.15, 0.2) is 170 Å². The highest BCUT2D eigenvalue weighted by Gasteiger charge is 2.64. The summed E-state index contributed by atoms with van der Waals surface area (Å²) >= 11 is 0. The van der Waals surface area contributed by atoms with Crippen LogP contribution in [0.1, 0.15) is 48.9 Å². The highest BCUT2D eigenvalue weighted by Crippen LogP contribution is 2.45. The number of hydrogen-bond acceptors (Lipinski definition) is 8. The SMILES string of the molecule is CCCN(C(=O)NCc1ccc(Oc2ccccc2)cc1)C1C(C(=O)OCc2ccccc2)C(C(=O)OCc2ccccc2)C1N(CCC)C(=O)NCc1ccc(Oc2ccccc2)cc1. The second kappa shape index (κ2) is 23.4. The lowest BCUT2D eigenvalue weighted by molar-refractivity contribution is -0.184. The maximum atomic E-state index is 14.5. The molecular weight excluding hydrogens is 833 g/mol. The van der Waals surface area contributed by atoms with Crippen LogP contribution in [0.4, 0.5) is 9.59 Å². The fraction of sp³-hybridized carbons (Fsp3) is 0.259. The topological polar surface area (TPSA) is 136 Å². The van der Waals surface area contributed by atoms with E-state index in [9.17, 15) is 19.2 Å². The molecule has 4 unspecified atom stereocenters. The molecule has 7 rings (SSSR count). The Labute approximate surface area is 386 Å². The lowest BCUT2D eigenvalue weighted by Crippen LogP contribution is -2.75. The van der Waals surface area contributed by atoms with Crippen molar-refractivity contribution >= 4 is 24.0 Å². The van der Waals surface area contributed by atoms with Crippen LogP contribution in [0.3, 0.4) is 0 Å². The highest BCUT2D eigenvalue weighted by molar-refractivity contribution is 5.89. The van der Waals surface area contributed by atoms with Crippen LogP contribution in [0, 0.1) is 11.8 Å². The minimum atomic E-state index is -1.15. The molecule has 340 valence electrons. The van der Waals surface area contributed by atoms with Gasteiger partial charge in [0.15, 0.2) is 0 Å². The number of para-hydroxylation sites is 2. The van der Waals surface area contributed by atoms with Crippen molar-refractivity contribution in [3.8, 4) is 23.0 Å². The Bertz CT molecular complexity index is 2280. The summed E-state index contributed by atoms with van der Waals surface area (Å²) in [7, 11) is 0. The van der Waals surface area contributed by atoms with E-state index >= 15 is 0 Å². The van der Waals surface area contributed by atoms with Gasteiger partial charge < -0.3 is 39.4 Å². The number of rotatable bonds is 20. The molecule has 0 radical (unpaired) electrons. The first-order chi connectivity index (χ1) is 32.3. The third-order valence-corrected chi connectivity index (χ3v) is 11.3. The van der Waals surface area contributed by atoms with Gasteiger partial charge in [0.25, 0.3) is 0 Å². The van der Waals surface area contributed by atoms with Gasteiger partial charge in [-0.25, -0.2) is 9.59 Å². The Morgan fingerprint density at radius 2 is 0.742 bits per heavy atom. The predicted octanol–water partition coefficient (Wildman–Crippen LogP) is 10.3. The zero-order chi connectivity index (χ0) is 46.1. The second-order valence-electron chi connectivity index (χ2n) is 16.0. The van der Waals surface area contributed by atoms with Gasteiger partial charge in [0, 0.05) is 26.2 Å². The number of hydrogen-bond donors (Lipinski definition) is 2. The molecule has 1 saturated carbocycles. The van der Waals surface area contributed by atoms with E-state index in [0.29, 0.717) is 35.8 Å². The van der Waals surface area contributed by atoms with Gasteiger partial charge in [0.2, 0.25) is 0 Å². The second-order valence-corrected chi connectivity index (χ2v) is 16.0. The lowest BCUT2D eigenvalue weighted by atomic mass is 9.63. The monoisotopic (exact) mass is 888 g/mol. The molecule has 0 saturated heterocycles. The number of carbonyl (C=O) groups is 4. The van der Waals surface area contributed by atoms with Gasteiger partial charge in [0.05, 0.1) is 23.9 Å². The standard InChI is InChI=1S/C54H56N4O8/c1-3-33-57(53(61)55-35-39-25-29-45(30-26-39)65-43-21-13-7-14-22-43)49-47(51(59)63-37-41-17-9-5-10-18-41)48(52(60)64-38-42-19-11-6-12-20-42)50(49)58(34-4-2)54(62)56-36-40-27-31-46(32-28-40)66-44-23-15-8-16-24-44/h5-32,47-50H,3-4,33-38H2,1-2H3,(H,55,61)(H,56,62). The molecule has 12 nitrogen and oxygen atoms in total. The van der Waals surface area contributed by atoms with Crippen LogP contribution >= 0.6 is 0 Å². The molecular formula is C54H56N4O8. The quantitative estimate of drug-likeness (QED) is 0.0724. The van der Waals surface area contributed by atoms with Gasteiger partial charge in [0.1, 0.15) is 36.2 Å². The third kappa shape index (κ3) is 12.3.